The van der Waals surface area contributed by atoms with Gasteiger partial charge in [0.1, 0.15) is 5.82 Å². The number of nitrogens with one attached hydrogen (secondary N) is 1. The van der Waals surface area contributed by atoms with Crippen LogP contribution in [-0.4, -0.2) is 42.9 Å². The van der Waals surface area contributed by atoms with Gasteiger partial charge in [-0.25, -0.2) is 4.39 Å². The summed E-state index contributed by atoms with van der Waals surface area (Å²) < 4.78 is 15.5. The maximum Gasteiger partial charge on any atom is 0.258 e. The first-order chi connectivity index (χ1) is 16.7. The summed E-state index contributed by atoms with van der Waals surface area (Å²) in [7, 11) is 0. The van der Waals surface area contributed by atoms with Gasteiger partial charge in [0.15, 0.2) is 5.96 Å². The molecule has 0 saturated carbocycles. The van der Waals surface area contributed by atoms with Crippen molar-refractivity contribution in [3.63, 3.8) is 0 Å². The Hall–Kier alpha value is -2.25. The number of rotatable bonds is 11. The molecule has 1 amide bonds. The van der Waals surface area contributed by atoms with E-state index in [0.717, 1.165) is 48.4 Å². The number of allylic oxidation sites excluding steroid dienone is 5. The minimum absolute atomic E-state index is 0.0786. The molecule has 0 spiro atoms. The number of carbonyl (C=O) groups excluding carboxylic acids is 1. The highest BCUT2D eigenvalue weighted by molar-refractivity contribution is 9.11. The fourth-order valence-electron chi connectivity index (χ4n) is 4.16. The number of carbonyl (C=O) groups is 1. The summed E-state index contributed by atoms with van der Waals surface area (Å²) in [6.07, 6.45) is 9.95. The molecule has 0 radical (unpaired) electrons. The predicted octanol–water partition coefficient (Wildman–Crippen LogP) is 5.97. The molecular formula is C28H40BrFN4O. The second-order valence-electron chi connectivity index (χ2n) is 9.39. The zero-order valence-electron chi connectivity index (χ0n) is 21.3. The van der Waals surface area contributed by atoms with Crippen LogP contribution in [0.3, 0.4) is 0 Å². The number of amides is 1. The molecule has 0 aromatic heterocycles. The van der Waals surface area contributed by atoms with Crippen LogP contribution in [0, 0.1) is 17.7 Å². The van der Waals surface area contributed by atoms with Gasteiger partial charge in [0.25, 0.3) is 5.91 Å². The maximum absolute atomic E-state index is 14.6. The Morgan fingerprint density at radius 3 is 2.77 bits per heavy atom. The molecule has 192 valence electrons. The van der Waals surface area contributed by atoms with Gasteiger partial charge in [0.2, 0.25) is 0 Å². The Kier molecular flexibility index (Phi) is 12.4. The SMILES string of the molecule is C=C(/C=C(Br)\C=C/C)CCc1c(F)cccc1C(=O)NC(N)=NCC1CCN(CC(C)CC)CC1. The Bertz CT molecular complexity index is 948. The molecule has 1 fully saturated rings. The third kappa shape index (κ3) is 10.1. The molecule has 35 heavy (non-hydrogen) atoms. The van der Waals surface area contributed by atoms with E-state index in [1.54, 1.807) is 6.07 Å². The van der Waals surface area contributed by atoms with Gasteiger partial charge >= 0.3 is 0 Å². The monoisotopic (exact) mass is 546 g/mol. The summed E-state index contributed by atoms with van der Waals surface area (Å²) in [4.78, 5) is 19.8. The van der Waals surface area contributed by atoms with Crippen LogP contribution >= 0.6 is 15.9 Å². The quantitative estimate of drug-likeness (QED) is 0.204. The molecule has 1 aromatic rings. The Labute approximate surface area is 218 Å². The van der Waals surface area contributed by atoms with Gasteiger partial charge in [-0.05, 0) is 75.7 Å². The molecule has 5 nitrogen and oxygen atoms in total. The standard InChI is InChI=1S/C28H40BrFN4O/c1-5-8-23(29)17-21(4)11-12-24-25(9-7-10-26(24)30)27(35)33-28(31)32-18-22-13-15-34(16-14-22)19-20(3)6-2/h5,7-10,17,20,22H,4,6,11-16,18-19H2,1-3H3,(H3,31,32,33,35)/b8-5-,23-17+. The van der Waals surface area contributed by atoms with E-state index in [-0.39, 0.29) is 11.5 Å². The zero-order valence-corrected chi connectivity index (χ0v) is 22.9. The lowest BCUT2D eigenvalue weighted by Gasteiger charge is -2.32. The van der Waals surface area contributed by atoms with Gasteiger partial charge in [-0.2, -0.15) is 0 Å². The zero-order chi connectivity index (χ0) is 25.8. The Morgan fingerprint density at radius 2 is 2.11 bits per heavy atom. The number of piperidine rings is 1. The number of hydrogen-bond acceptors (Lipinski definition) is 3. The summed E-state index contributed by atoms with van der Waals surface area (Å²) >= 11 is 3.45. The minimum atomic E-state index is -0.444. The molecule has 1 saturated heterocycles. The molecule has 3 N–H and O–H groups in total. The van der Waals surface area contributed by atoms with E-state index < -0.39 is 11.7 Å². The normalized spacial score (nSPS) is 17.1. The number of benzene rings is 1. The van der Waals surface area contributed by atoms with Gasteiger partial charge in [0.05, 0.1) is 0 Å². The number of nitrogens with zero attached hydrogens (tertiary/aromatic N) is 2. The molecule has 2 rings (SSSR count). The summed E-state index contributed by atoms with van der Waals surface area (Å²) in [6.45, 7) is 14.4. The second-order valence-corrected chi connectivity index (χ2v) is 10.3. The van der Waals surface area contributed by atoms with E-state index in [9.17, 15) is 9.18 Å². The number of nitrogens with two attached hydrogens (primary N) is 1. The van der Waals surface area contributed by atoms with E-state index in [4.69, 9.17) is 5.73 Å². The van der Waals surface area contributed by atoms with Crippen LogP contribution in [0.4, 0.5) is 4.39 Å². The van der Waals surface area contributed by atoms with Crippen molar-refractivity contribution in [3.8, 4) is 0 Å². The van der Waals surface area contributed by atoms with Crippen LogP contribution in [-0.2, 0) is 6.42 Å². The molecule has 1 heterocycles. The molecule has 1 aliphatic heterocycles. The maximum atomic E-state index is 14.6. The van der Waals surface area contributed by atoms with Crippen molar-refractivity contribution in [2.24, 2.45) is 22.6 Å². The van der Waals surface area contributed by atoms with Crippen molar-refractivity contribution in [1.82, 2.24) is 10.2 Å². The largest absolute Gasteiger partial charge is 0.370 e. The summed E-state index contributed by atoms with van der Waals surface area (Å²) in [6, 6.07) is 4.51. The third-order valence-electron chi connectivity index (χ3n) is 6.46. The molecular weight excluding hydrogens is 507 g/mol. The van der Waals surface area contributed by atoms with Crippen molar-refractivity contribution < 1.29 is 9.18 Å². The number of guanidine groups is 1. The average molecular weight is 548 g/mol. The van der Waals surface area contributed by atoms with Crippen molar-refractivity contribution in [2.45, 2.75) is 52.9 Å². The molecule has 1 atom stereocenters. The van der Waals surface area contributed by atoms with Crippen molar-refractivity contribution >= 4 is 27.8 Å². The topological polar surface area (TPSA) is 70.7 Å². The lowest BCUT2D eigenvalue weighted by atomic mass is 9.96. The summed E-state index contributed by atoms with van der Waals surface area (Å²) in [5.74, 6) is 0.402. The number of aliphatic imine (C=N–C) groups is 1. The van der Waals surface area contributed by atoms with Crippen LogP contribution in [0.5, 0.6) is 0 Å². The fraction of sp³-hybridized carbons (Fsp3) is 0.500. The van der Waals surface area contributed by atoms with E-state index >= 15 is 0 Å². The predicted molar refractivity (Wildman–Crippen MR) is 148 cm³/mol. The third-order valence-corrected chi connectivity index (χ3v) is 6.96. The smallest absolute Gasteiger partial charge is 0.258 e. The van der Waals surface area contributed by atoms with Gasteiger partial charge < -0.3 is 10.6 Å². The first-order valence-corrected chi connectivity index (χ1v) is 13.3. The highest BCUT2D eigenvalue weighted by Crippen LogP contribution is 2.21. The van der Waals surface area contributed by atoms with E-state index in [1.807, 2.05) is 25.2 Å². The molecule has 0 bridgehead atoms. The fourth-order valence-corrected chi connectivity index (χ4v) is 4.75. The van der Waals surface area contributed by atoms with Crippen LogP contribution < -0.4 is 11.1 Å². The Balaban J connectivity index is 1.93. The Morgan fingerprint density at radius 1 is 1.40 bits per heavy atom. The van der Waals surface area contributed by atoms with Gasteiger partial charge in [0, 0.05) is 28.7 Å². The van der Waals surface area contributed by atoms with Gasteiger partial charge in [-0.1, -0.05) is 66.6 Å². The molecule has 0 aliphatic carbocycles. The molecule has 1 aromatic carbocycles. The average Bonchev–Trinajstić information content (AvgIpc) is 2.82. The lowest BCUT2D eigenvalue weighted by molar-refractivity contribution is 0.0975. The summed E-state index contributed by atoms with van der Waals surface area (Å²) in [5.41, 5.74) is 7.47. The second kappa shape index (κ2) is 15.0. The molecule has 1 aliphatic rings. The van der Waals surface area contributed by atoms with E-state index in [1.165, 1.54) is 18.6 Å². The number of hydrogen-bond donors (Lipinski definition) is 2. The van der Waals surface area contributed by atoms with Crippen LogP contribution in [0.15, 0.2) is 58.1 Å². The van der Waals surface area contributed by atoms with Crippen molar-refractivity contribution in [1.29, 1.82) is 0 Å². The molecule has 1 unspecified atom stereocenters. The van der Waals surface area contributed by atoms with Gasteiger partial charge in [-0.15, -0.1) is 0 Å². The lowest BCUT2D eigenvalue weighted by Crippen LogP contribution is -2.39. The van der Waals surface area contributed by atoms with Crippen LogP contribution in [0.2, 0.25) is 0 Å². The highest BCUT2D eigenvalue weighted by atomic mass is 79.9. The van der Waals surface area contributed by atoms with Crippen molar-refractivity contribution in [3.05, 3.63) is 70.0 Å². The first-order valence-electron chi connectivity index (χ1n) is 12.5. The summed E-state index contributed by atoms with van der Waals surface area (Å²) in [5, 5.41) is 2.64. The molecule has 7 heteroatoms. The first kappa shape index (κ1) is 29.0. The van der Waals surface area contributed by atoms with Crippen LogP contribution in [0.1, 0.15) is 62.4 Å². The number of likely N-dealkylation sites (tertiary alicyclic amines) is 1. The minimum Gasteiger partial charge on any atom is -0.370 e. The number of halogens is 2. The van der Waals surface area contributed by atoms with E-state index in [2.05, 4.69) is 51.6 Å². The van der Waals surface area contributed by atoms with Crippen molar-refractivity contribution in [2.75, 3.05) is 26.2 Å². The highest BCUT2D eigenvalue weighted by Gasteiger charge is 2.20. The van der Waals surface area contributed by atoms with Crippen LogP contribution in [0.25, 0.3) is 0 Å². The van der Waals surface area contributed by atoms with E-state index in [0.29, 0.717) is 30.9 Å². The van der Waals surface area contributed by atoms with Gasteiger partial charge in [-0.3, -0.25) is 15.1 Å².